The van der Waals surface area contributed by atoms with Crippen molar-refractivity contribution in [3.63, 3.8) is 0 Å². The van der Waals surface area contributed by atoms with Crippen molar-refractivity contribution in [2.45, 2.75) is 38.4 Å². The molecule has 1 aromatic rings. The summed E-state index contributed by atoms with van der Waals surface area (Å²) in [6.45, 7) is 2.97. The lowest BCUT2D eigenvalue weighted by atomic mass is 10.0. The summed E-state index contributed by atoms with van der Waals surface area (Å²) >= 11 is 0. The van der Waals surface area contributed by atoms with Gasteiger partial charge in [0.2, 0.25) is 18.2 Å². The van der Waals surface area contributed by atoms with Crippen molar-refractivity contribution >= 4 is 11.8 Å². The molecule has 1 fully saturated rings. The van der Waals surface area contributed by atoms with Gasteiger partial charge in [0.25, 0.3) is 0 Å². The summed E-state index contributed by atoms with van der Waals surface area (Å²) in [5.41, 5.74) is 0.0677. The molecular formula is C15H18O8. The van der Waals surface area contributed by atoms with Gasteiger partial charge in [0.1, 0.15) is 23.2 Å². The predicted octanol–water partition coefficient (Wildman–Crippen LogP) is 0.253. The number of hydrogen-bond donors (Lipinski definition) is 3. The van der Waals surface area contributed by atoms with E-state index in [1.165, 1.54) is 27.0 Å². The summed E-state index contributed by atoms with van der Waals surface area (Å²) in [5.74, 6) is -2.45. The van der Waals surface area contributed by atoms with Crippen molar-refractivity contribution in [2.24, 2.45) is 0 Å². The van der Waals surface area contributed by atoms with Gasteiger partial charge < -0.3 is 29.5 Å². The van der Waals surface area contributed by atoms with E-state index in [1.54, 1.807) is 0 Å². The molecule has 1 aliphatic heterocycles. The van der Waals surface area contributed by atoms with Gasteiger partial charge in [-0.2, -0.15) is 0 Å². The summed E-state index contributed by atoms with van der Waals surface area (Å²) in [5, 5.41) is 28.9. The molecule has 0 aliphatic carbocycles. The number of Topliss-reactive ketones (excluding diaryl/α,β-unsaturated/α-hetero) is 1. The van der Waals surface area contributed by atoms with E-state index >= 15 is 0 Å². The average molecular weight is 326 g/mol. The first kappa shape index (κ1) is 17.2. The van der Waals surface area contributed by atoms with E-state index in [4.69, 9.17) is 14.2 Å². The lowest BCUT2D eigenvalue weighted by molar-refractivity contribution is -0.239. The number of ketones is 1. The van der Waals surface area contributed by atoms with Gasteiger partial charge in [-0.3, -0.25) is 4.79 Å². The third-order valence-corrected chi connectivity index (χ3v) is 3.58. The van der Waals surface area contributed by atoms with Gasteiger partial charge in [0.05, 0.1) is 6.10 Å². The number of esters is 1. The van der Waals surface area contributed by atoms with Crippen molar-refractivity contribution in [3.05, 3.63) is 23.3 Å². The number of phenols is 2. The fourth-order valence-corrected chi connectivity index (χ4v) is 2.37. The molecular weight excluding hydrogens is 308 g/mol. The number of aromatic hydroxyl groups is 2. The molecule has 1 saturated heterocycles. The molecule has 1 heterocycles. The SMILES string of the molecule is CO[C@H]1O[C@H](C)[C@@H](O)C(=O)[C@H]1OC(=O)c1c(C)cc(O)cc1O. The quantitative estimate of drug-likeness (QED) is 0.676. The first-order valence-corrected chi connectivity index (χ1v) is 6.89. The van der Waals surface area contributed by atoms with Gasteiger partial charge >= 0.3 is 5.97 Å². The Morgan fingerprint density at radius 1 is 1.30 bits per heavy atom. The van der Waals surface area contributed by atoms with Gasteiger partial charge in [-0.25, -0.2) is 4.79 Å². The molecule has 23 heavy (non-hydrogen) atoms. The number of ether oxygens (including phenoxy) is 3. The zero-order chi connectivity index (χ0) is 17.3. The van der Waals surface area contributed by atoms with Crippen LogP contribution in [0.5, 0.6) is 11.5 Å². The van der Waals surface area contributed by atoms with Crippen LogP contribution in [0.2, 0.25) is 0 Å². The number of benzene rings is 1. The van der Waals surface area contributed by atoms with E-state index in [0.717, 1.165) is 6.07 Å². The lowest BCUT2D eigenvalue weighted by Gasteiger charge is -2.35. The maximum absolute atomic E-state index is 12.3. The molecule has 2 rings (SSSR count). The van der Waals surface area contributed by atoms with Crippen LogP contribution in [0, 0.1) is 6.92 Å². The molecule has 1 aliphatic rings. The third-order valence-electron chi connectivity index (χ3n) is 3.58. The summed E-state index contributed by atoms with van der Waals surface area (Å²) in [6, 6.07) is 2.24. The van der Waals surface area contributed by atoms with E-state index in [0.29, 0.717) is 0 Å². The summed E-state index contributed by atoms with van der Waals surface area (Å²) in [7, 11) is 1.27. The molecule has 4 atom stereocenters. The van der Waals surface area contributed by atoms with Crippen molar-refractivity contribution in [2.75, 3.05) is 7.11 Å². The number of methoxy groups -OCH3 is 1. The Labute approximate surface area is 132 Å². The second kappa shape index (κ2) is 6.53. The van der Waals surface area contributed by atoms with Crippen LogP contribution in [0.15, 0.2) is 12.1 Å². The number of aliphatic hydroxyl groups is 1. The van der Waals surface area contributed by atoms with Gasteiger partial charge in [-0.1, -0.05) is 0 Å². The largest absolute Gasteiger partial charge is 0.508 e. The molecule has 126 valence electrons. The van der Waals surface area contributed by atoms with Crippen LogP contribution in [0.4, 0.5) is 0 Å². The molecule has 1 aromatic carbocycles. The Bertz CT molecular complexity index is 603. The van der Waals surface area contributed by atoms with Crippen LogP contribution < -0.4 is 0 Å². The summed E-state index contributed by atoms with van der Waals surface area (Å²) < 4.78 is 15.3. The molecule has 0 unspecified atom stereocenters. The van der Waals surface area contributed by atoms with Crippen LogP contribution >= 0.6 is 0 Å². The smallest absolute Gasteiger partial charge is 0.343 e. The minimum absolute atomic E-state index is 0.196. The first-order valence-electron chi connectivity index (χ1n) is 6.89. The monoisotopic (exact) mass is 326 g/mol. The molecule has 0 radical (unpaired) electrons. The highest BCUT2D eigenvalue weighted by Crippen LogP contribution is 2.29. The minimum atomic E-state index is -1.47. The van der Waals surface area contributed by atoms with Crippen molar-refractivity contribution in [3.8, 4) is 11.5 Å². The Balaban J connectivity index is 2.26. The van der Waals surface area contributed by atoms with Crippen molar-refractivity contribution < 1.29 is 39.1 Å². The van der Waals surface area contributed by atoms with Gasteiger partial charge in [-0.15, -0.1) is 0 Å². The van der Waals surface area contributed by atoms with Gasteiger partial charge in [0.15, 0.2) is 0 Å². The second-order valence-electron chi connectivity index (χ2n) is 5.28. The van der Waals surface area contributed by atoms with Crippen LogP contribution in [0.3, 0.4) is 0 Å². The highest BCUT2D eigenvalue weighted by molar-refractivity contribution is 5.97. The zero-order valence-corrected chi connectivity index (χ0v) is 12.8. The van der Waals surface area contributed by atoms with Gasteiger partial charge in [-0.05, 0) is 25.5 Å². The molecule has 8 heteroatoms. The van der Waals surface area contributed by atoms with E-state index in [1.807, 2.05) is 0 Å². The molecule has 0 spiro atoms. The number of carbonyl (C=O) groups excluding carboxylic acids is 2. The van der Waals surface area contributed by atoms with Crippen LogP contribution in [-0.2, 0) is 19.0 Å². The van der Waals surface area contributed by atoms with Crippen molar-refractivity contribution in [1.82, 2.24) is 0 Å². The van der Waals surface area contributed by atoms with E-state index in [9.17, 15) is 24.9 Å². The maximum Gasteiger partial charge on any atom is 0.343 e. The molecule has 0 amide bonds. The second-order valence-corrected chi connectivity index (χ2v) is 5.28. The zero-order valence-electron chi connectivity index (χ0n) is 12.8. The van der Waals surface area contributed by atoms with E-state index < -0.39 is 42.1 Å². The Morgan fingerprint density at radius 3 is 2.52 bits per heavy atom. The Hall–Kier alpha value is -2.16. The molecule has 0 aromatic heterocycles. The summed E-state index contributed by atoms with van der Waals surface area (Å²) in [6.07, 6.45) is -4.88. The number of rotatable bonds is 3. The highest BCUT2D eigenvalue weighted by Gasteiger charge is 2.45. The Kier molecular flexibility index (Phi) is 4.88. The normalized spacial score (nSPS) is 27.7. The molecule has 0 saturated carbocycles. The maximum atomic E-state index is 12.3. The highest BCUT2D eigenvalue weighted by atomic mass is 16.7. The molecule has 0 bridgehead atoms. The minimum Gasteiger partial charge on any atom is -0.508 e. The predicted molar refractivity (Wildman–Crippen MR) is 76.1 cm³/mol. The molecule has 8 nitrogen and oxygen atoms in total. The average Bonchev–Trinajstić information content (AvgIpc) is 2.46. The number of carbonyl (C=O) groups is 2. The van der Waals surface area contributed by atoms with E-state index in [-0.39, 0.29) is 16.9 Å². The third kappa shape index (κ3) is 3.29. The fourth-order valence-electron chi connectivity index (χ4n) is 2.37. The van der Waals surface area contributed by atoms with Gasteiger partial charge in [0, 0.05) is 13.2 Å². The van der Waals surface area contributed by atoms with Crippen molar-refractivity contribution in [1.29, 1.82) is 0 Å². The van der Waals surface area contributed by atoms with Crippen LogP contribution in [-0.4, -0.2) is 58.8 Å². The fraction of sp³-hybridized carbons (Fsp3) is 0.467. The van der Waals surface area contributed by atoms with E-state index in [2.05, 4.69) is 0 Å². The van der Waals surface area contributed by atoms with Crippen LogP contribution in [0.25, 0.3) is 0 Å². The first-order chi connectivity index (χ1) is 10.8. The summed E-state index contributed by atoms with van der Waals surface area (Å²) in [4.78, 5) is 24.4. The number of aliphatic hydroxyl groups excluding tert-OH is 1. The standard InChI is InChI=1S/C15H18O8/c1-6-4-8(16)5-9(17)10(6)14(20)23-13-12(19)11(18)7(2)22-15(13)21-3/h4-5,7,11,13,15-18H,1-3H3/t7-,11-,13-,15+/m1/s1. The number of aryl methyl sites for hydroxylation is 1. The Morgan fingerprint density at radius 2 is 1.96 bits per heavy atom. The lowest BCUT2D eigenvalue weighted by Crippen LogP contribution is -2.56. The number of phenolic OH excluding ortho intramolecular Hbond substituents is 2. The van der Waals surface area contributed by atoms with Crippen LogP contribution in [0.1, 0.15) is 22.8 Å². The number of hydrogen-bond acceptors (Lipinski definition) is 8. The topological polar surface area (TPSA) is 123 Å². The molecule has 3 N–H and O–H groups in total.